The Morgan fingerprint density at radius 3 is 2.56 bits per heavy atom. The van der Waals surface area contributed by atoms with Crippen molar-refractivity contribution in [3.63, 3.8) is 0 Å². The third kappa shape index (κ3) is 3.01. The van der Waals surface area contributed by atoms with Crippen LogP contribution in [0.4, 0.5) is 22.4 Å². The standard InChI is InChI=1S/C17H15ClF4N2O3/c18-12-10(19)2-1-7(13(12)20)14(6-3-8-9(4-6)17(8,21)22)24-15(25)11-5-23-16(26)27-11/h1-2,6,8-9,11,14H,3-5H2,(H,23,26)(H,24,25)/t6?,8?,9?,11-,14?/m0/s1. The minimum Gasteiger partial charge on any atom is -0.434 e. The van der Waals surface area contributed by atoms with Gasteiger partial charge in [0.05, 0.1) is 12.6 Å². The lowest BCUT2D eigenvalue weighted by molar-refractivity contribution is -0.129. The zero-order valence-corrected chi connectivity index (χ0v) is 14.5. The summed E-state index contributed by atoms with van der Waals surface area (Å²) in [6.45, 7) is -0.0575. The summed E-state index contributed by atoms with van der Waals surface area (Å²) < 4.78 is 59.9. The number of carbonyl (C=O) groups is 2. The Balaban J connectivity index is 1.59. The molecule has 4 rings (SSSR count). The van der Waals surface area contributed by atoms with Crippen LogP contribution in [0.15, 0.2) is 12.1 Å². The second-order valence-corrected chi connectivity index (χ2v) is 7.52. The predicted octanol–water partition coefficient (Wildman–Crippen LogP) is 3.18. The Hall–Kier alpha value is -2.03. The molecule has 10 heteroatoms. The van der Waals surface area contributed by atoms with E-state index in [9.17, 15) is 27.2 Å². The average Bonchev–Trinajstić information content (AvgIpc) is 3.05. The normalized spacial score (nSPS) is 31.7. The summed E-state index contributed by atoms with van der Waals surface area (Å²) in [5, 5.41) is 4.16. The number of amides is 2. The fourth-order valence-electron chi connectivity index (χ4n) is 4.14. The first kappa shape index (κ1) is 18.3. The highest BCUT2D eigenvalue weighted by Gasteiger charge is 2.72. The number of nitrogens with one attached hydrogen (secondary N) is 2. The summed E-state index contributed by atoms with van der Waals surface area (Å²) in [6.07, 6.45) is -1.68. The SMILES string of the molecule is O=C1NC[C@@H](C(=O)NC(c2ccc(F)c(Cl)c2F)C2CC3C(C2)C3(F)F)O1. The molecule has 1 aliphatic heterocycles. The Morgan fingerprint density at radius 1 is 1.30 bits per heavy atom. The van der Waals surface area contributed by atoms with Crippen molar-refractivity contribution in [3.05, 3.63) is 34.4 Å². The van der Waals surface area contributed by atoms with Crippen LogP contribution in [-0.4, -0.2) is 30.6 Å². The van der Waals surface area contributed by atoms with Crippen molar-refractivity contribution in [3.8, 4) is 0 Å². The monoisotopic (exact) mass is 406 g/mol. The van der Waals surface area contributed by atoms with Crippen LogP contribution >= 0.6 is 11.6 Å². The van der Waals surface area contributed by atoms with Gasteiger partial charge < -0.3 is 15.4 Å². The van der Waals surface area contributed by atoms with E-state index in [0.29, 0.717) is 0 Å². The van der Waals surface area contributed by atoms with Gasteiger partial charge in [-0.25, -0.2) is 22.4 Å². The van der Waals surface area contributed by atoms with Crippen molar-refractivity contribution >= 4 is 23.6 Å². The summed E-state index contributed by atoms with van der Waals surface area (Å²) in [5.41, 5.74) is -0.0818. The van der Waals surface area contributed by atoms with E-state index in [2.05, 4.69) is 10.6 Å². The predicted molar refractivity (Wildman–Crippen MR) is 85.2 cm³/mol. The highest BCUT2D eigenvalue weighted by Crippen LogP contribution is 2.67. The molecule has 1 heterocycles. The van der Waals surface area contributed by atoms with Gasteiger partial charge >= 0.3 is 6.09 Å². The molecule has 0 aromatic heterocycles. The smallest absolute Gasteiger partial charge is 0.408 e. The second-order valence-electron chi connectivity index (χ2n) is 7.14. The third-order valence-electron chi connectivity index (χ3n) is 5.62. The van der Waals surface area contributed by atoms with Gasteiger partial charge in [0, 0.05) is 17.4 Å². The van der Waals surface area contributed by atoms with Crippen LogP contribution in [0.1, 0.15) is 24.4 Å². The molecule has 146 valence electrons. The highest BCUT2D eigenvalue weighted by molar-refractivity contribution is 6.31. The third-order valence-corrected chi connectivity index (χ3v) is 5.97. The van der Waals surface area contributed by atoms with Crippen molar-refractivity contribution < 1.29 is 31.9 Å². The minimum atomic E-state index is -2.73. The number of rotatable bonds is 4. The van der Waals surface area contributed by atoms with Crippen LogP contribution < -0.4 is 10.6 Å². The van der Waals surface area contributed by atoms with Gasteiger partial charge in [-0.2, -0.15) is 0 Å². The van der Waals surface area contributed by atoms with E-state index in [1.807, 2.05) is 0 Å². The largest absolute Gasteiger partial charge is 0.434 e. The molecular weight excluding hydrogens is 392 g/mol. The van der Waals surface area contributed by atoms with Crippen molar-refractivity contribution in [1.29, 1.82) is 0 Å². The molecule has 3 fully saturated rings. The number of alkyl carbamates (subject to hydrolysis) is 1. The minimum absolute atomic E-state index is 0.0575. The van der Waals surface area contributed by atoms with E-state index in [0.717, 1.165) is 12.1 Å². The molecule has 0 spiro atoms. The molecule has 3 unspecified atom stereocenters. The summed E-state index contributed by atoms with van der Waals surface area (Å²) >= 11 is 5.64. The topological polar surface area (TPSA) is 67.4 Å². The number of ether oxygens (including phenoxy) is 1. The summed E-state index contributed by atoms with van der Waals surface area (Å²) in [5.74, 6) is -7.49. The first-order valence-electron chi connectivity index (χ1n) is 8.46. The van der Waals surface area contributed by atoms with E-state index >= 15 is 0 Å². The van der Waals surface area contributed by atoms with Crippen LogP contribution in [0.2, 0.25) is 5.02 Å². The number of hydrogen-bond donors (Lipinski definition) is 2. The van der Waals surface area contributed by atoms with Gasteiger partial charge in [-0.15, -0.1) is 0 Å². The average molecular weight is 407 g/mol. The van der Waals surface area contributed by atoms with Crippen LogP contribution in [0.25, 0.3) is 0 Å². The van der Waals surface area contributed by atoms with Gasteiger partial charge in [-0.1, -0.05) is 17.7 Å². The number of hydrogen-bond acceptors (Lipinski definition) is 3. The van der Waals surface area contributed by atoms with E-state index < -0.39 is 64.5 Å². The number of fused-ring (bicyclic) bond motifs is 1. The Bertz CT molecular complexity index is 808. The van der Waals surface area contributed by atoms with Crippen LogP contribution in [0.3, 0.4) is 0 Å². The number of carbonyl (C=O) groups excluding carboxylic acids is 2. The lowest BCUT2D eigenvalue weighted by Crippen LogP contribution is -2.42. The zero-order chi connectivity index (χ0) is 19.5. The molecule has 2 amide bonds. The maximum absolute atomic E-state index is 14.5. The molecule has 0 radical (unpaired) electrons. The summed E-state index contributed by atoms with van der Waals surface area (Å²) in [6, 6.07) is 1.11. The number of cyclic esters (lactones) is 1. The molecule has 2 saturated carbocycles. The first-order chi connectivity index (χ1) is 12.7. The van der Waals surface area contributed by atoms with Crippen molar-refractivity contribution in [2.75, 3.05) is 6.54 Å². The van der Waals surface area contributed by atoms with Gasteiger partial charge in [-0.05, 0) is 24.8 Å². The number of alkyl halides is 2. The molecule has 1 aromatic carbocycles. The fraction of sp³-hybridized carbons (Fsp3) is 0.529. The van der Waals surface area contributed by atoms with Gasteiger partial charge in [-0.3, -0.25) is 4.79 Å². The molecule has 4 atom stereocenters. The van der Waals surface area contributed by atoms with Gasteiger partial charge in [0.25, 0.3) is 11.8 Å². The molecule has 27 heavy (non-hydrogen) atoms. The summed E-state index contributed by atoms with van der Waals surface area (Å²) in [4.78, 5) is 23.5. The Morgan fingerprint density at radius 2 is 1.96 bits per heavy atom. The Kier molecular flexibility index (Phi) is 4.25. The number of halogens is 5. The lowest BCUT2D eigenvalue weighted by Gasteiger charge is -2.28. The number of benzene rings is 1. The van der Waals surface area contributed by atoms with E-state index in [1.54, 1.807) is 0 Å². The van der Waals surface area contributed by atoms with Crippen molar-refractivity contribution in [2.45, 2.75) is 30.9 Å². The van der Waals surface area contributed by atoms with Gasteiger partial charge in [0.15, 0.2) is 6.10 Å². The van der Waals surface area contributed by atoms with Gasteiger partial charge in [0.1, 0.15) is 16.7 Å². The molecule has 2 N–H and O–H groups in total. The van der Waals surface area contributed by atoms with Crippen LogP contribution in [-0.2, 0) is 9.53 Å². The van der Waals surface area contributed by atoms with E-state index in [-0.39, 0.29) is 24.9 Å². The highest BCUT2D eigenvalue weighted by atomic mass is 35.5. The molecule has 5 nitrogen and oxygen atoms in total. The molecule has 1 aromatic rings. The van der Waals surface area contributed by atoms with E-state index in [4.69, 9.17) is 16.3 Å². The van der Waals surface area contributed by atoms with Crippen LogP contribution in [0, 0.1) is 29.4 Å². The zero-order valence-electron chi connectivity index (χ0n) is 13.8. The van der Waals surface area contributed by atoms with Crippen molar-refractivity contribution in [1.82, 2.24) is 10.6 Å². The quantitative estimate of drug-likeness (QED) is 0.596. The molecule has 1 saturated heterocycles. The van der Waals surface area contributed by atoms with Gasteiger partial charge in [0.2, 0.25) is 0 Å². The van der Waals surface area contributed by atoms with Crippen molar-refractivity contribution in [2.24, 2.45) is 17.8 Å². The second kappa shape index (κ2) is 6.25. The first-order valence-corrected chi connectivity index (χ1v) is 8.84. The molecule has 0 bridgehead atoms. The maximum atomic E-state index is 14.5. The van der Waals surface area contributed by atoms with E-state index in [1.165, 1.54) is 0 Å². The van der Waals surface area contributed by atoms with Crippen LogP contribution in [0.5, 0.6) is 0 Å². The molecule has 3 aliphatic rings. The Labute approximate surface area is 156 Å². The fourth-order valence-corrected chi connectivity index (χ4v) is 4.31. The molecular formula is C17H15ClF4N2O3. The molecule has 2 aliphatic carbocycles. The maximum Gasteiger partial charge on any atom is 0.408 e. The lowest BCUT2D eigenvalue weighted by atomic mass is 9.88. The summed E-state index contributed by atoms with van der Waals surface area (Å²) in [7, 11) is 0.